The summed E-state index contributed by atoms with van der Waals surface area (Å²) < 4.78 is 27.9. The molecule has 0 aliphatic carbocycles. The highest BCUT2D eigenvalue weighted by Gasteiger charge is 2.09. The minimum Gasteiger partial charge on any atom is -0.472 e. The first-order valence-corrected chi connectivity index (χ1v) is 8.80. The molecule has 118 valence electrons. The van der Waals surface area contributed by atoms with E-state index >= 15 is 0 Å². The van der Waals surface area contributed by atoms with Crippen molar-refractivity contribution >= 4 is 15.7 Å². The van der Waals surface area contributed by atoms with Gasteiger partial charge in [0.25, 0.3) is 0 Å². The van der Waals surface area contributed by atoms with Crippen LogP contribution in [-0.4, -0.2) is 24.6 Å². The predicted octanol–water partition coefficient (Wildman–Crippen LogP) is 2.75. The average molecular weight is 329 g/mol. The minimum absolute atomic E-state index is 0.0514. The Kier molecular flexibility index (Phi) is 4.12. The van der Waals surface area contributed by atoms with Crippen LogP contribution in [0.2, 0.25) is 0 Å². The summed E-state index contributed by atoms with van der Waals surface area (Å²) in [6.07, 6.45) is 5.94. The number of sulfone groups is 1. The van der Waals surface area contributed by atoms with Crippen LogP contribution < -0.4 is 5.32 Å². The van der Waals surface area contributed by atoms with Crippen LogP contribution in [0.25, 0.3) is 11.3 Å². The summed E-state index contributed by atoms with van der Waals surface area (Å²) in [5.41, 5.74) is 2.50. The number of rotatable bonds is 5. The summed E-state index contributed by atoms with van der Waals surface area (Å²) in [6.45, 7) is 0.609. The molecule has 0 atom stereocenters. The van der Waals surface area contributed by atoms with Gasteiger partial charge in [0.2, 0.25) is 0 Å². The van der Waals surface area contributed by atoms with Gasteiger partial charge in [0.15, 0.2) is 14.9 Å². The quantitative estimate of drug-likeness (QED) is 0.775. The largest absolute Gasteiger partial charge is 0.472 e. The first-order chi connectivity index (χ1) is 11.0. The predicted molar refractivity (Wildman–Crippen MR) is 86.6 cm³/mol. The number of anilines is 1. The van der Waals surface area contributed by atoms with E-state index in [0.717, 1.165) is 28.9 Å². The van der Waals surface area contributed by atoms with Gasteiger partial charge in [0.1, 0.15) is 5.82 Å². The summed E-state index contributed by atoms with van der Waals surface area (Å²) in [5.74, 6) is 0.718. The van der Waals surface area contributed by atoms with Gasteiger partial charge in [-0.05, 0) is 30.3 Å². The van der Waals surface area contributed by atoms with Crippen molar-refractivity contribution in [2.75, 3.05) is 11.6 Å². The first-order valence-electron chi connectivity index (χ1n) is 6.91. The van der Waals surface area contributed by atoms with E-state index in [1.807, 2.05) is 24.3 Å². The maximum absolute atomic E-state index is 11.4. The fourth-order valence-electron chi connectivity index (χ4n) is 2.03. The van der Waals surface area contributed by atoms with Crippen molar-refractivity contribution in [1.29, 1.82) is 0 Å². The molecule has 0 bridgehead atoms. The molecular weight excluding hydrogens is 314 g/mol. The molecule has 0 saturated carbocycles. The van der Waals surface area contributed by atoms with E-state index < -0.39 is 9.84 Å². The molecule has 3 heterocycles. The van der Waals surface area contributed by atoms with Gasteiger partial charge in [0.05, 0.1) is 18.2 Å². The van der Waals surface area contributed by atoms with E-state index in [2.05, 4.69) is 15.3 Å². The lowest BCUT2D eigenvalue weighted by molar-refractivity contribution is 0.564. The molecule has 0 saturated heterocycles. The van der Waals surface area contributed by atoms with Gasteiger partial charge in [0, 0.05) is 30.1 Å². The molecule has 1 N–H and O–H groups in total. The summed E-state index contributed by atoms with van der Waals surface area (Å²) in [5, 5.41) is 3.26. The molecule has 23 heavy (non-hydrogen) atoms. The van der Waals surface area contributed by atoms with Gasteiger partial charge in [-0.1, -0.05) is 6.07 Å². The summed E-state index contributed by atoms with van der Waals surface area (Å²) in [6, 6.07) is 10.7. The molecule has 3 aromatic heterocycles. The van der Waals surface area contributed by atoms with Crippen LogP contribution in [0, 0.1) is 0 Å². The van der Waals surface area contributed by atoms with Gasteiger partial charge in [-0.15, -0.1) is 0 Å². The van der Waals surface area contributed by atoms with Crippen LogP contribution in [0.5, 0.6) is 0 Å². The second-order valence-electron chi connectivity index (χ2n) is 5.05. The van der Waals surface area contributed by atoms with Crippen molar-refractivity contribution in [3.05, 3.63) is 60.7 Å². The van der Waals surface area contributed by atoms with Crippen LogP contribution in [0.15, 0.2) is 64.6 Å². The molecule has 6 nitrogen and oxygen atoms in total. The fourth-order valence-corrected chi connectivity index (χ4v) is 2.59. The van der Waals surface area contributed by atoms with Crippen molar-refractivity contribution in [3.63, 3.8) is 0 Å². The number of hydrogen-bond donors (Lipinski definition) is 1. The van der Waals surface area contributed by atoms with Crippen LogP contribution in [0.3, 0.4) is 0 Å². The zero-order valence-corrected chi connectivity index (χ0v) is 13.2. The third kappa shape index (κ3) is 3.75. The smallest absolute Gasteiger partial charge is 0.192 e. The Hall–Kier alpha value is -2.67. The molecule has 0 aliphatic heterocycles. The van der Waals surface area contributed by atoms with E-state index in [0.29, 0.717) is 6.54 Å². The number of aromatic nitrogens is 2. The SMILES string of the molecule is CS(=O)(=O)c1ccc(-c2cccc(NCc3ccoc3)n2)cn1. The lowest BCUT2D eigenvalue weighted by atomic mass is 10.2. The van der Waals surface area contributed by atoms with E-state index in [4.69, 9.17) is 4.42 Å². The monoisotopic (exact) mass is 329 g/mol. The Morgan fingerprint density at radius 3 is 2.70 bits per heavy atom. The number of pyridine rings is 2. The maximum atomic E-state index is 11.4. The zero-order valence-electron chi connectivity index (χ0n) is 12.4. The molecular formula is C16H15N3O3S. The molecule has 0 fully saturated rings. The van der Waals surface area contributed by atoms with Crippen molar-refractivity contribution in [1.82, 2.24) is 9.97 Å². The highest BCUT2D eigenvalue weighted by Crippen LogP contribution is 2.19. The Balaban J connectivity index is 1.79. The molecule has 0 unspecified atom stereocenters. The van der Waals surface area contributed by atoms with Gasteiger partial charge in [-0.25, -0.2) is 18.4 Å². The molecule has 3 rings (SSSR count). The van der Waals surface area contributed by atoms with Crippen LogP contribution in [-0.2, 0) is 16.4 Å². The molecule has 7 heteroatoms. The van der Waals surface area contributed by atoms with Gasteiger partial charge in [-0.2, -0.15) is 0 Å². The van der Waals surface area contributed by atoms with E-state index in [1.165, 1.54) is 12.3 Å². The fraction of sp³-hybridized carbons (Fsp3) is 0.125. The molecule has 0 amide bonds. The number of furan rings is 1. The summed E-state index contributed by atoms with van der Waals surface area (Å²) in [4.78, 5) is 8.48. The number of nitrogens with zero attached hydrogens (tertiary/aromatic N) is 2. The Bertz CT molecular complexity index is 889. The van der Waals surface area contributed by atoms with E-state index in [9.17, 15) is 8.42 Å². The maximum Gasteiger partial charge on any atom is 0.192 e. The Labute approximate surface area is 134 Å². The third-order valence-corrected chi connectivity index (χ3v) is 4.22. The Morgan fingerprint density at radius 1 is 1.17 bits per heavy atom. The van der Waals surface area contributed by atoms with Crippen molar-refractivity contribution in [2.45, 2.75) is 11.6 Å². The lowest BCUT2D eigenvalue weighted by Gasteiger charge is -2.07. The van der Waals surface area contributed by atoms with Gasteiger partial charge in [-0.3, -0.25) is 0 Å². The van der Waals surface area contributed by atoms with Crippen molar-refractivity contribution < 1.29 is 12.8 Å². The molecule has 0 spiro atoms. The summed E-state index contributed by atoms with van der Waals surface area (Å²) >= 11 is 0. The normalized spacial score (nSPS) is 11.3. The number of nitrogens with one attached hydrogen (secondary N) is 1. The van der Waals surface area contributed by atoms with E-state index in [1.54, 1.807) is 18.6 Å². The molecule has 0 aromatic carbocycles. The van der Waals surface area contributed by atoms with Crippen molar-refractivity contribution in [2.24, 2.45) is 0 Å². The minimum atomic E-state index is -3.30. The molecule has 0 radical (unpaired) electrons. The van der Waals surface area contributed by atoms with Crippen LogP contribution >= 0.6 is 0 Å². The first kappa shape index (κ1) is 15.2. The highest BCUT2D eigenvalue weighted by molar-refractivity contribution is 7.90. The van der Waals surface area contributed by atoms with Crippen LogP contribution in [0.1, 0.15) is 5.56 Å². The molecule has 0 aliphatic rings. The third-order valence-electron chi connectivity index (χ3n) is 3.21. The van der Waals surface area contributed by atoms with Crippen molar-refractivity contribution in [3.8, 4) is 11.3 Å². The highest BCUT2D eigenvalue weighted by atomic mass is 32.2. The standard InChI is InChI=1S/C16H15N3O3S/c1-23(20,21)16-6-5-13(10-18-16)14-3-2-4-15(19-14)17-9-12-7-8-22-11-12/h2-8,10-11H,9H2,1H3,(H,17,19). The topological polar surface area (TPSA) is 85.1 Å². The Morgan fingerprint density at radius 2 is 2.04 bits per heavy atom. The summed E-state index contributed by atoms with van der Waals surface area (Å²) in [7, 11) is -3.30. The molecule has 3 aromatic rings. The second kappa shape index (κ2) is 6.21. The zero-order chi connectivity index (χ0) is 16.3. The van der Waals surface area contributed by atoms with Crippen LogP contribution in [0.4, 0.5) is 5.82 Å². The average Bonchev–Trinajstić information content (AvgIpc) is 3.06. The number of hydrogen-bond acceptors (Lipinski definition) is 6. The van der Waals surface area contributed by atoms with E-state index in [-0.39, 0.29) is 5.03 Å². The second-order valence-corrected chi connectivity index (χ2v) is 7.01. The van der Waals surface area contributed by atoms with Gasteiger partial charge >= 0.3 is 0 Å². The lowest BCUT2D eigenvalue weighted by Crippen LogP contribution is -2.02. The van der Waals surface area contributed by atoms with Gasteiger partial charge < -0.3 is 9.73 Å².